The van der Waals surface area contributed by atoms with Crippen molar-refractivity contribution in [2.75, 3.05) is 6.54 Å². The Morgan fingerprint density at radius 1 is 1.47 bits per heavy atom. The molecule has 19 heavy (non-hydrogen) atoms. The van der Waals surface area contributed by atoms with E-state index in [0.29, 0.717) is 6.04 Å². The lowest BCUT2D eigenvalue weighted by Crippen LogP contribution is -2.47. The molecule has 1 fully saturated rings. The summed E-state index contributed by atoms with van der Waals surface area (Å²) in [5.74, 6) is 0.0506. The molecular weight excluding hydrogens is 258 g/mol. The van der Waals surface area contributed by atoms with E-state index < -0.39 is 12.0 Å². The second-order valence-corrected chi connectivity index (χ2v) is 6.95. The largest absolute Gasteiger partial charge is 0.480 e. The molecule has 1 aliphatic carbocycles. The van der Waals surface area contributed by atoms with Gasteiger partial charge in [-0.05, 0) is 42.2 Å². The van der Waals surface area contributed by atoms with Gasteiger partial charge >= 0.3 is 5.97 Å². The first kappa shape index (κ1) is 13.1. The minimum Gasteiger partial charge on any atom is -0.480 e. The Morgan fingerprint density at radius 2 is 2.32 bits per heavy atom. The van der Waals surface area contributed by atoms with Crippen LogP contribution in [-0.4, -0.2) is 28.6 Å². The zero-order valence-corrected chi connectivity index (χ0v) is 12.2. The number of carboxylic acids is 1. The predicted molar refractivity (Wildman–Crippen MR) is 76.5 cm³/mol. The fourth-order valence-electron chi connectivity index (χ4n) is 3.71. The van der Waals surface area contributed by atoms with Gasteiger partial charge in [-0.1, -0.05) is 19.8 Å². The number of aliphatic carboxylic acids is 1. The Kier molecular flexibility index (Phi) is 3.63. The van der Waals surface area contributed by atoms with Crippen molar-refractivity contribution in [2.24, 2.45) is 5.92 Å². The van der Waals surface area contributed by atoms with Crippen molar-refractivity contribution in [3.05, 3.63) is 21.9 Å². The first-order valence-corrected chi connectivity index (χ1v) is 8.09. The third-order valence-corrected chi connectivity index (χ3v) is 5.61. The number of thiophene rings is 1. The van der Waals surface area contributed by atoms with Gasteiger partial charge in [-0.2, -0.15) is 0 Å². The van der Waals surface area contributed by atoms with Gasteiger partial charge in [0.05, 0.1) is 0 Å². The minimum atomic E-state index is -0.683. The summed E-state index contributed by atoms with van der Waals surface area (Å²) in [7, 11) is 0. The quantitative estimate of drug-likeness (QED) is 0.903. The highest BCUT2D eigenvalue weighted by molar-refractivity contribution is 7.10. The Morgan fingerprint density at radius 3 is 3.05 bits per heavy atom. The molecule has 0 spiro atoms. The summed E-state index contributed by atoms with van der Waals surface area (Å²) in [6.07, 6.45) is 5.87. The van der Waals surface area contributed by atoms with Crippen LogP contribution in [0, 0.1) is 5.92 Å². The molecule has 0 aromatic carbocycles. The molecule has 2 heterocycles. The molecule has 1 aromatic rings. The number of fused-ring (bicyclic) bond motifs is 1. The van der Waals surface area contributed by atoms with Crippen molar-refractivity contribution in [2.45, 2.75) is 51.1 Å². The predicted octanol–water partition coefficient (Wildman–Crippen LogP) is 3.31. The number of carboxylic acid groups (broad SMARTS) is 1. The van der Waals surface area contributed by atoms with Crippen LogP contribution in [-0.2, 0) is 11.2 Å². The summed E-state index contributed by atoms with van der Waals surface area (Å²) in [6, 6.07) is 2.06. The highest BCUT2D eigenvalue weighted by atomic mass is 32.1. The van der Waals surface area contributed by atoms with Crippen LogP contribution in [0.4, 0.5) is 0 Å². The molecule has 1 saturated carbocycles. The van der Waals surface area contributed by atoms with Gasteiger partial charge in [-0.3, -0.25) is 9.69 Å². The van der Waals surface area contributed by atoms with Gasteiger partial charge in [0, 0.05) is 17.5 Å². The number of rotatable bonds is 2. The maximum Gasteiger partial charge on any atom is 0.325 e. The molecule has 104 valence electrons. The number of nitrogens with zero attached hydrogens (tertiary/aromatic N) is 1. The Labute approximate surface area is 118 Å². The van der Waals surface area contributed by atoms with Crippen LogP contribution < -0.4 is 0 Å². The van der Waals surface area contributed by atoms with E-state index in [1.54, 1.807) is 11.3 Å². The van der Waals surface area contributed by atoms with E-state index in [9.17, 15) is 9.90 Å². The molecule has 1 N–H and O–H groups in total. The summed E-state index contributed by atoms with van der Waals surface area (Å²) >= 11 is 1.71. The first-order chi connectivity index (χ1) is 9.16. The molecule has 2 aliphatic rings. The highest BCUT2D eigenvalue weighted by Crippen LogP contribution is 2.38. The standard InChI is InChI=1S/C15H21NO2S/c1-10-3-2-4-11(9-10)16-7-5-13-12(6-8-19-13)14(16)15(17)18/h6,8,10-11,14H,2-5,7,9H2,1H3,(H,17,18). The van der Waals surface area contributed by atoms with Crippen LogP contribution in [0.1, 0.15) is 49.1 Å². The summed E-state index contributed by atoms with van der Waals surface area (Å²) < 4.78 is 0. The normalized spacial score (nSPS) is 31.9. The van der Waals surface area contributed by atoms with Gasteiger partial charge in [0.2, 0.25) is 0 Å². The van der Waals surface area contributed by atoms with E-state index >= 15 is 0 Å². The lowest BCUT2D eigenvalue weighted by Gasteiger charge is -2.42. The first-order valence-electron chi connectivity index (χ1n) is 7.21. The summed E-state index contributed by atoms with van der Waals surface area (Å²) in [6.45, 7) is 3.20. The van der Waals surface area contributed by atoms with Crippen LogP contribution in [0.2, 0.25) is 0 Å². The Balaban J connectivity index is 1.87. The SMILES string of the molecule is CC1CCCC(N2CCc3sccc3C2C(=O)O)C1. The lowest BCUT2D eigenvalue weighted by atomic mass is 9.84. The lowest BCUT2D eigenvalue weighted by molar-refractivity contribution is -0.145. The van der Waals surface area contributed by atoms with Gasteiger partial charge in [0.1, 0.15) is 6.04 Å². The van der Waals surface area contributed by atoms with Crippen molar-refractivity contribution < 1.29 is 9.90 Å². The highest BCUT2D eigenvalue weighted by Gasteiger charge is 2.38. The van der Waals surface area contributed by atoms with Gasteiger partial charge < -0.3 is 5.11 Å². The van der Waals surface area contributed by atoms with Gasteiger partial charge in [0.15, 0.2) is 0 Å². The third kappa shape index (κ3) is 2.43. The zero-order valence-electron chi connectivity index (χ0n) is 11.3. The second kappa shape index (κ2) is 5.25. The molecule has 1 aliphatic heterocycles. The van der Waals surface area contributed by atoms with Crippen molar-refractivity contribution in [3.63, 3.8) is 0 Å². The van der Waals surface area contributed by atoms with Crippen LogP contribution in [0.3, 0.4) is 0 Å². The molecule has 3 atom stereocenters. The van der Waals surface area contributed by atoms with Crippen LogP contribution in [0.5, 0.6) is 0 Å². The fraction of sp³-hybridized carbons (Fsp3) is 0.667. The Hall–Kier alpha value is -0.870. The molecule has 3 rings (SSSR count). The molecule has 4 heteroatoms. The van der Waals surface area contributed by atoms with E-state index in [1.807, 2.05) is 11.4 Å². The molecule has 0 amide bonds. The smallest absolute Gasteiger partial charge is 0.325 e. The molecule has 3 nitrogen and oxygen atoms in total. The summed E-state index contributed by atoms with van der Waals surface area (Å²) in [4.78, 5) is 15.2. The van der Waals surface area contributed by atoms with E-state index in [0.717, 1.165) is 37.3 Å². The zero-order chi connectivity index (χ0) is 13.4. The van der Waals surface area contributed by atoms with Crippen LogP contribution in [0.15, 0.2) is 11.4 Å². The van der Waals surface area contributed by atoms with E-state index in [4.69, 9.17) is 0 Å². The van der Waals surface area contributed by atoms with Gasteiger partial charge in [0.25, 0.3) is 0 Å². The molecule has 0 saturated heterocycles. The number of carbonyl (C=O) groups is 1. The molecule has 3 unspecified atom stereocenters. The van der Waals surface area contributed by atoms with Crippen molar-refractivity contribution in [3.8, 4) is 0 Å². The Bertz CT molecular complexity index is 470. The van der Waals surface area contributed by atoms with Crippen molar-refractivity contribution in [1.29, 1.82) is 0 Å². The minimum absolute atomic E-state index is 0.412. The van der Waals surface area contributed by atoms with Gasteiger partial charge in [-0.15, -0.1) is 11.3 Å². The van der Waals surface area contributed by atoms with E-state index in [2.05, 4.69) is 11.8 Å². The summed E-state index contributed by atoms with van der Waals surface area (Å²) in [5, 5.41) is 11.7. The average molecular weight is 279 g/mol. The van der Waals surface area contributed by atoms with Crippen molar-refractivity contribution >= 4 is 17.3 Å². The number of hydrogen-bond donors (Lipinski definition) is 1. The maximum absolute atomic E-state index is 11.7. The molecule has 0 bridgehead atoms. The topological polar surface area (TPSA) is 40.5 Å². The maximum atomic E-state index is 11.7. The molecule has 0 radical (unpaired) electrons. The van der Waals surface area contributed by atoms with E-state index in [-0.39, 0.29) is 0 Å². The van der Waals surface area contributed by atoms with Crippen LogP contribution in [0.25, 0.3) is 0 Å². The van der Waals surface area contributed by atoms with Gasteiger partial charge in [-0.25, -0.2) is 0 Å². The fourth-order valence-corrected chi connectivity index (χ4v) is 4.61. The monoisotopic (exact) mass is 279 g/mol. The van der Waals surface area contributed by atoms with E-state index in [1.165, 1.54) is 17.7 Å². The summed E-state index contributed by atoms with van der Waals surface area (Å²) in [5.41, 5.74) is 1.04. The van der Waals surface area contributed by atoms with Crippen molar-refractivity contribution in [1.82, 2.24) is 4.90 Å². The second-order valence-electron chi connectivity index (χ2n) is 5.95. The average Bonchev–Trinajstić information content (AvgIpc) is 2.85. The third-order valence-electron chi connectivity index (χ3n) is 4.61. The molecular formula is C15H21NO2S. The van der Waals surface area contributed by atoms with Crippen LogP contribution >= 0.6 is 11.3 Å². The number of hydrogen-bond acceptors (Lipinski definition) is 3. The molecule has 1 aromatic heterocycles.